The third-order valence-electron chi connectivity index (χ3n) is 3.56. The summed E-state index contributed by atoms with van der Waals surface area (Å²) >= 11 is 1.86. The Morgan fingerprint density at radius 3 is 3.00 bits per heavy atom. The molecule has 1 aliphatic rings. The Kier molecular flexibility index (Phi) is 4.40. The van der Waals surface area contributed by atoms with E-state index in [1.54, 1.807) is 0 Å². The van der Waals surface area contributed by atoms with Crippen LogP contribution in [0.15, 0.2) is 11.4 Å². The second-order valence-corrected chi connectivity index (χ2v) is 6.34. The van der Waals surface area contributed by atoms with E-state index in [4.69, 9.17) is 0 Å². The molecular formula is C14H22N2OS. The van der Waals surface area contributed by atoms with Crippen LogP contribution >= 0.6 is 11.3 Å². The first kappa shape index (κ1) is 13.6. The lowest BCUT2D eigenvalue weighted by atomic mass is 10.1. The van der Waals surface area contributed by atoms with Gasteiger partial charge < -0.3 is 5.32 Å². The van der Waals surface area contributed by atoms with Crippen LogP contribution in [-0.4, -0.2) is 29.9 Å². The zero-order chi connectivity index (χ0) is 13.1. The molecule has 0 spiro atoms. The summed E-state index contributed by atoms with van der Waals surface area (Å²) in [6, 6.07) is 2.63. The van der Waals surface area contributed by atoms with Gasteiger partial charge in [-0.2, -0.15) is 0 Å². The molecule has 1 unspecified atom stereocenters. The van der Waals surface area contributed by atoms with E-state index in [9.17, 15) is 4.79 Å². The number of amides is 1. The molecule has 3 nitrogen and oxygen atoms in total. The van der Waals surface area contributed by atoms with E-state index >= 15 is 0 Å². The summed E-state index contributed by atoms with van der Waals surface area (Å²) in [5.74, 6) is 0.220. The topological polar surface area (TPSA) is 32.3 Å². The van der Waals surface area contributed by atoms with Crippen LogP contribution in [0.4, 0.5) is 0 Å². The molecule has 0 saturated carbocycles. The van der Waals surface area contributed by atoms with Crippen molar-refractivity contribution >= 4 is 17.2 Å². The number of hydrogen-bond donors (Lipinski definition) is 1. The number of nitrogens with one attached hydrogen (secondary N) is 1. The Bertz CT molecular complexity index is 414. The summed E-state index contributed by atoms with van der Waals surface area (Å²) in [5, 5.41) is 5.20. The molecule has 0 fully saturated rings. The molecule has 2 rings (SSSR count). The number of carbonyl (C=O) groups is 1. The van der Waals surface area contributed by atoms with Crippen LogP contribution in [0.1, 0.15) is 31.2 Å². The fourth-order valence-corrected chi connectivity index (χ4v) is 3.12. The molecule has 100 valence electrons. The Balaban J connectivity index is 1.84. The number of thiophene rings is 1. The molecule has 1 aromatic rings. The predicted molar refractivity (Wildman–Crippen MR) is 75.7 cm³/mol. The summed E-state index contributed by atoms with van der Waals surface area (Å²) in [6.07, 6.45) is 1.15. The molecule has 0 saturated heterocycles. The zero-order valence-corrected chi connectivity index (χ0v) is 12.2. The standard InChI is InChI=1S/C14H22N2OS/c1-10(2)14(17)15-8-11(3)16-6-4-13-12(9-16)5-7-18-13/h5,7,10-11H,4,6,8-9H2,1-3H3,(H,15,17). The van der Waals surface area contributed by atoms with Crippen molar-refractivity contribution in [3.05, 3.63) is 21.9 Å². The molecule has 0 aliphatic carbocycles. The second kappa shape index (κ2) is 5.85. The lowest BCUT2D eigenvalue weighted by molar-refractivity contribution is -0.124. The average molecular weight is 266 g/mol. The zero-order valence-electron chi connectivity index (χ0n) is 11.4. The van der Waals surface area contributed by atoms with Crippen molar-refractivity contribution in [3.63, 3.8) is 0 Å². The molecule has 0 aromatic carbocycles. The Morgan fingerprint density at radius 2 is 2.28 bits per heavy atom. The van der Waals surface area contributed by atoms with Crippen molar-refractivity contribution in [1.29, 1.82) is 0 Å². The molecular weight excluding hydrogens is 244 g/mol. The molecule has 0 bridgehead atoms. The summed E-state index contributed by atoms with van der Waals surface area (Å²) in [7, 11) is 0. The summed E-state index contributed by atoms with van der Waals surface area (Å²) in [4.78, 5) is 15.5. The van der Waals surface area contributed by atoms with Gasteiger partial charge in [-0.3, -0.25) is 9.69 Å². The van der Waals surface area contributed by atoms with Gasteiger partial charge in [0.1, 0.15) is 0 Å². The quantitative estimate of drug-likeness (QED) is 0.906. The van der Waals surface area contributed by atoms with Gasteiger partial charge in [0.25, 0.3) is 0 Å². The molecule has 1 N–H and O–H groups in total. The number of rotatable bonds is 4. The highest BCUT2D eigenvalue weighted by molar-refractivity contribution is 7.10. The van der Waals surface area contributed by atoms with Gasteiger partial charge in [0.15, 0.2) is 0 Å². The first-order valence-corrected chi connectivity index (χ1v) is 7.53. The van der Waals surface area contributed by atoms with Crippen LogP contribution in [0.2, 0.25) is 0 Å². The van der Waals surface area contributed by atoms with Crippen LogP contribution in [0.25, 0.3) is 0 Å². The van der Waals surface area contributed by atoms with Gasteiger partial charge in [-0.1, -0.05) is 13.8 Å². The lowest BCUT2D eigenvalue weighted by Gasteiger charge is -2.32. The van der Waals surface area contributed by atoms with E-state index in [-0.39, 0.29) is 11.8 Å². The summed E-state index contributed by atoms with van der Waals surface area (Å²) in [6.45, 7) is 8.93. The molecule has 18 heavy (non-hydrogen) atoms. The largest absolute Gasteiger partial charge is 0.354 e. The van der Waals surface area contributed by atoms with Gasteiger partial charge in [0.2, 0.25) is 5.91 Å². The SMILES string of the molecule is CC(C)C(=O)NCC(C)N1CCc2sccc2C1. The van der Waals surface area contributed by atoms with Crippen LogP contribution in [0, 0.1) is 5.92 Å². The van der Waals surface area contributed by atoms with Gasteiger partial charge >= 0.3 is 0 Å². The third-order valence-corrected chi connectivity index (χ3v) is 4.58. The van der Waals surface area contributed by atoms with Gasteiger partial charge in [-0.15, -0.1) is 11.3 Å². The van der Waals surface area contributed by atoms with Gasteiger partial charge in [0.05, 0.1) is 0 Å². The van der Waals surface area contributed by atoms with E-state index in [1.165, 1.54) is 10.4 Å². The van der Waals surface area contributed by atoms with E-state index in [0.717, 1.165) is 26.1 Å². The highest BCUT2D eigenvalue weighted by Gasteiger charge is 2.21. The molecule has 1 aliphatic heterocycles. The predicted octanol–water partition coefficient (Wildman–Crippen LogP) is 2.27. The fraction of sp³-hybridized carbons (Fsp3) is 0.643. The first-order valence-electron chi connectivity index (χ1n) is 6.65. The normalized spacial score (nSPS) is 17.6. The summed E-state index contributed by atoms with van der Waals surface area (Å²) < 4.78 is 0. The van der Waals surface area contributed by atoms with Gasteiger partial charge in [-0.25, -0.2) is 0 Å². The second-order valence-electron chi connectivity index (χ2n) is 5.34. The van der Waals surface area contributed by atoms with Crippen molar-refractivity contribution < 1.29 is 4.79 Å². The molecule has 4 heteroatoms. The van der Waals surface area contributed by atoms with E-state index in [0.29, 0.717) is 6.04 Å². The number of hydrogen-bond acceptors (Lipinski definition) is 3. The Labute approximate surface area is 113 Å². The monoisotopic (exact) mass is 266 g/mol. The minimum Gasteiger partial charge on any atom is -0.354 e. The summed E-state index contributed by atoms with van der Waals surface area (Å²) in [5.41, 5.74) is 1.47. The van der Waals surface area contributed by atoms with E-state index < -0.39 is 0 Å². The van der Waals surface area contributed by atoms with Crippen LogP contribution in [0.5, 0.6) is 0 Å². The minimum atomic E-state index is 0.0713. The molecule has 1 atom stereocenters. The van der Waals surface area contributed by atoms with Crippen molar-refractivity contribution in [2.75, 3.05) is 13.1 Å². The van der Waals surface area contributed by atoms with Crippen molar-refractivity contribution in [1.82, 2.24) is 10.2 Å². The van der Waals surface area contributed by atoms with Crippen LogP contribution < -0.4 is 5.32 Å². The maximum atomic E-state index is 11.6. The lowest BCUT2D eigenvalue weighted by Crippen LogP contribution is -2.44. The maximum absolute atomic E-state index is 11.6. The molecule has 0 radical (unpaired) electrons. The Morgan fingerprint density at radius 1 is 1.50 bits per heavy atom. The number of fused-ring (bicyclic) bond motifs is 1. The molecule has 1 aromatic heterocycles. The number of nitrogens with zero attached hydrogens (tertiary/aromatic N) is 1. The third kappa shape index (κ3) is 3.12. The van der Waals surface area contributed by atoms with E-state index in [1.807, 2.05) is 25.2 Å². The van der Waals surface area contributed by atoms with E-state index in [2.05, 4.69) is 28.6 Å². The van der Waals surface area contributed by atoms with Crippen molar-refractivity contribution in [3.8, 4) is 0 Å². The highest BCUT2D eigenvalue weighted by Crippen LogP contribution is 2.24. The van der Waals surface area contributed by atoms with Crippen molar-refractivity contribution in [2.24, 2.45) is 5.92 Å². The molecule has 2 heterocycles. The average Bonchev–Trinajstić information content (AvgIpc) is 2.82. The van der Waals surface area contributed by atoms with Crippen LogP contribution in [0.3, 0.4) is 0 Å². The Hall–Kier alpha value is -0.870. The maximum Gasteiger partial charge on any atom is 0.222 e. The van der Waals surface area contributed by atoms with Gasteiger partial charge in [-0.05, 0) is 30.4 Å². The van der Waals surface area contributed by atoms with Crippen LogP contribution in [-0.2, 0) is 17.8 Å². The highest BCUT2D eigenvalue weighted by atomic mass is 32.1. The fourth-order valence-electron chi connectivity index (χ4n) is 2.23. The number of carbonyl (C=O) groups excluding carboxylic acids is 1. The smallest absolute Gasteiger partial charge is 0.222 e. The minimum absolute atomic E-state index is 0.0713. The van der Waals surface area contributed by atoms with Gasteiger partial charge in [0, 0.05) is 36.5 Å². The first-order chi connectivity index (χ1) is 8.58. The van der Waals surface area contributed by atoms with Crippen molar-refractivity contribution in [2.45, 2.75) is 39.8 Å². The molecule has 1 amide bonds.